The van der Waals surface area contributed by atoms with Crippen molar-refractivity contribution in [2.45, 2.75) is 27.2 Å². The van der Waals surface area contributed by atoms with Gasteiger partial charge in [-0.05, 0) is 24.1 Å². The fraction of sp³-hybridized carbons (Fsp3) is 0.429. The smallest absolute Gasteiger partial charge is 0.262 e. The summed E-state index contributed by atoms with van der Waals surface area (Å²) in [5.41, 5.74) is 1.63. The van der Waals surface area contributed by atoms with Crippen LogP contribution in [-0.4, -0.2) is 16.6 Å². The first-order chi connectivity index (χ1) is 9.08. The van der Waals surface area contributed by atoms with Gasteiger partial charge in [-0.3, -0.25) is 9.36 Å². The molecule has 4 nitrogen and oxygen atoms in total. The molecule has 0 saturated carbocycles. The zero-order valence-corrected chi connectivity index (χ0v) is 12.8. The van der Waals surface area contributed by atoms with Gasteiger partial charge in [0.25, 0.3) is 5.56 Å². The summed E-state index contributed by atoms with van der Waals surface area (Å²) in [7, 11) is 3.43. The van der Waals surface area contributed by atoms with E-state index in [2.05, 4.69) is 10.3 Å². The molecule has 0 radical (unpaired) electrons. The Morgan fingerprint density at radius 1 is 1.37 bits per heavy atom. The van der Waals surface area contributed by atoms with Crippen LogP contribution in [0.3, 0.4) is 0 Å². The van der Waals surface area contributed by atoms with E-state index >= 15 is 0 Å². The number of hydrogen-bond acceptors (Lipinski definition) is 3. The second-order valence-electron chi connectivity index (χ2n) is 3.86. The SMILES string of the molecule is CC.CCc1cc(Cl)cc2c(=O)n(C)c(NC)nc12. The summed E-state index contributed by atoms with van der Waals surface area (Å²) in [4.78, 5) is 16.6. The Bertz CT molecular complexity index is 635. The molecular formula is C14H20ClN3O. The molecule has 0 aliphatic carbocycles. The van der Waals surface area contributed by atoms with E-state index in [0.717, 1.165) is 17.5 Å². The van der Waals surface area contributed by atoms with Gasteiger partial charge in [-0.2, -0.15) is 0 Å². The Morgan fingerprint density at radius 2 is 2.00 bits per heavy atom. The number of nitrogens with zero attached hydrogens (tertiary/aromatic N) is 2. The first-order valence-corrected chi connectivity index (χ1v) is 6.83. The highest BCUT2D eigenvalue weighted by atomic mass is 35.5. The normalized spacial score (nSPS) is 10.0. The van der Waals surface area contributed by atoms with E-state index in [1.165, 1.54) is 4.57 Å². The van der Waals surface area contributed by atoms with Gasteiger partial charge < -0.3 is 5.32 Å². The van der Waals surface area contributed by atoms with Gasteiger partial charge in [-0.15, -0.1) is 0 Å². The number of benzene rings is 1. The molecule has 0 bridgehead atoms. The molecular weight excluding hydrogens is 262 g/mol. The summed E-state index contributed by atoms with van der Waals surface area (Å²) in [6.07, 6.45) is 0.792. The van der Waals surface area contributed by atoms with Crippen LogP contribution in [-0.2, 0) is 13.5 Å². The molecule has 2 aromatic rings. The predicted molar refractivity (Wildman–Crippen MR) is 82.3 cm³/mol. The van der Waals surface area contributed by atoms with E-state index in [4.69, 9.17) is 11.6 Å². The van der Waals surface area contributed by atoms with Crippen molar-refractivity contribution in [3.63, 3.8) is 0 Å². The third-order valence-electron chi connectivity index (χ3n) is 2.83. The van der Waals surface area contributed by atoms with E-state index in [-0.39, 0.29) is 5.56 Å². The average molecular weight is 282 g/mol. The number of anilines is 1. The Kier molecular flexibility index (Phi) is 5.36. The molecule has 0 spiro atoms. The molecule has 1 aromatic heterocycles. The van der Waals surface area contributed by atoms with E-state index in [1.54, 1.807) is 20.2 Å². The van der Waals surface area contributed by atoms with Crippen LogP contribution in [0.2, 0.25) is 5.02 Å². The molecule has 1 aromatic carbocycles. The highest BCUT2D eigenvalue weighted by Crippen LogP contribution is 2.21. The van der Waals surface area contributed by atoms with Crippen molar-refractivity contribution in [3.8, 4) is 0 Å². The van der Waals surface area contributed by atoms with Gasteiger partial charge in [0.2, 0.25) is 5.95 Å². The van der Waals surface area contributed by atoms with Crippen LogP contribution in [0.5, 0.6) is 0 Å². The number of nitrogens with one attached hydrogen (secondary N) is 1. The molecule has 104 valence electrons. The number of aromatic nitrogens is 2. The molecule has 0 unspecified atom stereocenters. The van der Waals surface area contributed by atoms with Crippen LogP contribution >= 0.6 is 11.6 Å². The lowest BCUT2D eigenvalue weighted by Crippen LogP contribution is -2.21. The molecule has 0 amide bonds. The minimum absolute atomic E-state index is 0.0865. The summed E-state index contributed by atoms with van der Waals surface area (Å²) in [6, 6.07) is 3.53. The first kappa shape index (κ1) is 15.5. The van der Waals surface area contributed by atoms with Crippen molar-refractivity contribution in [2.24, 2.45) is 7.05 Å². The minimum atomic E-state index is -0.0865. The summed E-state index contributed by atoms with van der Waals surface area (Å²) >= 11 is 6.01. The quantitative estimate of drug-likeness (QED) is 0.919. The highest BCUT2D eigenvalue weighted by Gasteiger charge is 2.11. The second kappa shape index (κ2) is 6.57. The lowest BCUT2D eigenvalue weighted by Gasteiger charge is -2.10. The maximum Gasteiger partial charge on any atom is 0.262 e. The number of halogens is 1. The first-order valence-electron chi connectivity index (χ1n) is 6.45. The summed E-state index contributed by atoms with van der Waals surface area (Å²) in [5.74, 6) is 0.555. The van der Waals surface area contributed by atoms with E-state index < -0.39 is 0 Å². The molecule has 0 fully saturated rings. The maximum atomic E-state index is 12.2. The van der Waals surface area contributed by atoms with Crippen molar-refractivity contribution in [3.05, 3.63) is 33.1 Å². The van der Waals surface area contributed by atoms with Crippen LogP contribution in [0.4, 0.5) is 5.95 Å². The summed E-state index contributed by atoms with van der Waals surface area (Å²) in [6.45, 7) is 6.02. The molecule has 0 atom stereocenters. The number of hydrogen-bond donors (Lipinski definition) is 1. The van der Waals surface area contributed by atoms with Crippen molar-refractivity contribution in [1.82, 2.24) is 9.55 Å². The van der Waals surface area contributed by atoms with Crippen molar-refractivity contribution >= 4 is 28.5 Å². The Balaban J connectivity index is 0.000000861. The van der Waals surface area contributed by atoms with Crippen LogP contribution < -0.4 is 10.9 Å². The number of fused-ring (bicyclic) bond motifs is 1. The number of aryl methyl sites for hydroxylation is 1. The molecule has 1 N–H and O–H groups in total. The van der Waals surface area contributed by atoms with Gasteiger partial charge in [0.1, 0.15) is 0 Å². The molecule has 19 heavy (non-hydrogen) atoms. The van der Waals surface area contributed by atoms with Gasteiger partial charge in [-0.1, -0.05) is 32.4 Å². The summed E-state index contributed by atoms with van der Waals surface area (Å²) < 4.78 is 1.48. The van der Waals surface area contributed by atoms with Gasteiger partial charge in [0, 0.05) is 19.1 Å². The molecule has 2 rings (SSSR count). The standard InChI is InChI=1S/C12H14ClN3O.C2H6/c1-4-7-5-8(13)6-9-10(7)15-12(14-2)16(3)11(9)17;1-2/h5-6H,4H2,1-3H3,(H,14,15);1-2H3. The molecule has 0 aliphatic rings. The second-order valence-corrected chi connectivity index (χ2v) is 4.30. The van der Waals surface area contributed by atoms with E-state index in [1.807, 2.05) is 26.8 Å². The lowest BCUT2D eigenvalue weighted by molar-refractivity contribution is 0.851. The van der Waals surface area contributed by atoms with Crippen molar-refractivity contribution in [1.29, 1.82) is 0 Å². The molecule has 0 aliphatic heterocycles. The van der Waals surface area contributed by atoms with E-state index in [9.17, 15) is 4.79 Å². The Morgan fingerprint density at radius 3 is 2.53 bits per heavy atom. The number of rotatable bonds is 2. The van der Waals surface area contributed by atoms with Crippen molar-refractivity contribution < 1.29 is 0 Å². The largest absolute Gasteiger partial charge is 0.359 e. The lowest BCUT2D eigenvalue weighted by atomic mass is 10.1. The zero-order chi connectivity index (χ0) is 14.6. The fourth-order valence-corrected chi connectivity index (χ4v) is 2.14. The van der Waals surface area contributed by atoms with E-state index in [0.29, 0.717) is 16.4 Å². The maximum absolute atomic E-state index is 12.2. The fourth-order valence-electron chi connectivity index (χ4n) is 1.90. The van der Waals surface area contributed by atoms with Gasteiger partial charge >= 0.3 is 0 Å². The molecule has 0 saturated heterocycles. The van der Waals surface area contributed by atoms with Crippen LogP contribution in [0.1, 0.15) is 26.3 Å². The molecule has 5 heteroatoms. The third-order valence-corrected chi connectivity index (χ3v) is 3.05. The van der Waals surface area contributed by atoms with Crippen LogP contribution in [0.25, 0.3) is 10.9 Å². The van der Waals surface area contributed by atoms with Gasteiger partial charge in [0.15, 0.2) is 0 Å². The van der Waals surface area contributed by atoms with Crippen LogP contribution in [0.15, 0.2) is 16.9 Å². The topological polar surface area (TPSA) is 46.9 Å². The monoisotopic (exact) mass is 281 g/mol. The Hall–Kier alpha value is -1.55. The third kappa shape index (κ3) is 2.89. The van der Waals surface area contributed by atoms with Gasteiger partial charge in [-0.25, -0.2) is 4.98 Å². The van der Waals surface area contributed by atoms with Gasteiger partial charge in [0.05, 0.1) is 10.9 Å². The Labute approximate surface area is 118 Å². The predicted octanol–water partition coefficient (Wildman–Crippen LogP) is 3.22. The average Bonchev–Trinajstić information content (AvgIpc) is 2.44. The highest BCUT2D eigenvalue weighted by molar-refractivity contribution is 6.31. The summed E-state index contributed by atoms with van der Waals surface area (Å²) in [5, 5.41) is 4.05. The van der Waals surface area contributed by atoms with Crippen molar-refractivity contribution in [2.75, 3.05) is 12.4 Å². The minimum Gasteiger partial charge on any atom is -0.359 e. The molecule has 1 heterocycles. The zero-order valence-electron chi connectivity index (χ0n) is 12.0. The van der Waals surface area contributed by atoms with Crippen LogP contribution in [0, 0.1) is 0 Å².